The van der Waals surface area contributed by atoms with Gasteiger partial charge in [-0.1, -0.05) is 30.3 Å². The van der Waals surface area contributed by atoms with Gasteiger partial charge in [0.15, 0.2) is 0 Å². The highest BCUT2D eigenvalue weighted by molar-refractivity contribution is 5.73. The van der Waals surface area contributed by atoms with Crippen molar-refractivity contribution in [3.8, 4) is 0 Å². The first-order chi connectivity index (χ1) is 8.72. The van der Waals surface area contributed by atoms with Gasteiger partial charge in [-0.25, -0.2) is 9.59 Å². The second kappa shape index (κ2) is 7.94. The normalized spacial score (nSPS) is 9.39. The van der Waals surface area contributed by atoms with E-state index in [4.69, 9.17) is 4.74 Å². The van der Waals surface area contributed by atoms with Crippen molar-refractivity contribution in [3.05, 3.63) is 35.9 Å². The molecule has 0 aliphatic heterocycles. The third-order valence-corrected chi connectivity index (χ3v) is 2.12. The van der Waals surface area contributed by atoms with Gasteiger partial charge in [-0.15, -0.1) is 0 Å². The fourth-order valence-electron chi connectivity index (χ4n) is 1.20. The Morgan fingerprint density at radius 1 is 1.11 bits per heavy atom. The molecule has 0 atom stereocenters. The van der Waals surface area contributed by atoms with Crippen molar-refractivity contribution in [2.75, 3.05) is 20.1 Å². The van der Waals surface area contributed by atoms with E-state index < -0.39 is 6.09 Å². The number of alkyl carbamates (subject to hydrolysis) is 1. The third kappa shape index (κ3) is 5.74. The molecule has 1 aromatic carbocycles. The Balaban J connectivity index is 2.09. The van der Waals surface area contributed by atoms with Crippen molar-refractivity contribution in [2.45, 2.75) is 6.61 Å². The van der Waals surface area contributed by atoms with E-state index in [0.29, 0.717) is 13.1 Å². The molecule has 1 rings (SSSR count). The number of carbonyl (C=O) groups is 2. The van der Waals surface area contributed by atoms with Crippen LogP contribution in [0.25, 0.3) is 0 Å². The molecular weight excluding hydrogens is 234 g/mol. The van der Waals surface area contributed by atoms with Gasteiger partial charge in [0.25, 0.3) is 0 Å². The predicted octanol–water partition coefficient (Wildman–Crippen LogP) is 0.842. The fraction of sp³-hybridized carbons (Fsp3) is 0.333. The van der Waals surface area contributed by atoms with Crippen LogP contribution in [0.4, 0.5) is 9.59 Å². The highest BCUT2D eigenvalue weighted by atomic mass is 16.5. The number of benzene rings is 1. The molecule has 0 fully saturated rings. The molecule has 3 N–H and O–H groups in total. The molecule has 0 radical (unpaired) electrons. The standard InChI is InChI=1S/C12H17N3O3/c1-13-11(16)14-7-8-15-12(17)18-9-10-5-3-2-4-6-10/h2-6H,7-9H2,1H3,(H,15,17)(H2,13,14,16). The second-order valence-corrected chi connectivity index (χ2v) is 3.49. The lowest BCUT2D eigenvalue weighted by atomic mass is 10.2. The van der Waals surface area contributed by atoms with Crippen molar-refractivity contribution >= 4 is 12.1 Å². The summed E-state index contributed by atoms with van der Waals surface area (Å²) in [5, 5.41) is 7.48. The molecule has 6 heteroatoms. The average Bonchev–Trinajstić information content (AvgIpc) is 2.42. The number of urea groups is 1. The molecule has 0 aliphatic rings. The highest BCUT2D eigenvalue weighted by Crippen LogP contribution is 2.00. The lowest BCUT2D eigenvalue weighted by Crippen LogP contribution is -2.38. The fourth-order valence-corrected chi connectivity index (χ4v) is 1.20. The van der Waals surface area contributed by atoms with Crippen LogP contribution in [-0.2, 0) is 11.3 Å². The van der Waals surface area contributed by atoms with E-state index >= 15 is 0 Å². The predicted molar refractivity (Wildman–Crippen MR) is 67.1 cm³/mol. The summed E-state index contributed by atoms with van der Waals surface area (Å²) in [6.07, 6.45) is -0.502. The van der Waals surface area contributed by atoms with Crippen LogP contribution in [0.15, 0.2) is 30.3 Å². The Labute approximate surface area is 106 Å². The van der Waals surface area contributed by atoms with Crippen molar-refractivity contribution < 1.29 is 14.3 Å². The van der Waals surface area contributed by atoms with Crippen LogP contribution in [0.5, 0.6) is 0 Å². The quantitative estimate of drug-likeness (QED) is 0.678. The van der Waals surface area contributed by atoms with Gasteiger partial charge in [-0.3, -0.25) is 0 Å². The molecule has 18 heavy (non-hydrogen) atoms. The third-order valence-electron chi connectivity index (χ3n) is 2.12. The molecule has 98 valence electrons. The summed E-state index contributed by atoms with van der Waals surface area (Å²) in [6, 6.07) is 9.12. The Bertz CT molecular complexity index is 381. The molecule has 0 spiro atoms. The van der Waals surface area contributed by atoms with Gasteiger partial charge in [0.2, 0.25) is 0 Å². The van der Waals surface area contributed by atoms with Crippen molar-refractivity contribution in [1.29, 1.82) is 0 Å². The van der Waals surface area contributed by atoms with Crippen LogP contribution in [0.3, 0.4) is 0 Å². The maximum Gasteiger partial charge on any atom is 0.407 e. The highest BCUT2D eigenvalue weighted by Gasteiger charge is 2.02. The molecule has 0 saturated heterocycles. The summed E-state index contributed by atoms with van der Waals surface area (Å²) in [5.74, 6) is 0. The van der Waals surface area contributed by atoms with Gasteiger partial charge in [-0.2, -0.15) is 0 Å². The van der Waals surface area contributed by atoms with Gasteiger partial charge in [-0.05, 0) is 5.56 Å². The number of ether oxygens (including phenoxy) is 1. The topological polar surface area (TPSA) is 79.5 Å². The van der Waals surface area contributed by atoms with E-state index in [2.05, 4.69) is 16.0 Å². The minimum absolute atomic E-state index is 0.232. The van der Waals surface area contributed by atoms with E-state index in [1.54, 1.807) is 0 Å². The summed E-state index contributed by atoms with van der Waals surface area (Å²) in [7, 11) is 1.52. The van der Waals surface area contributed by atoms with Crippen LogP contribution in [-0.4, -0.2) is 32.3 Å². The molecule has 6 nitrogen and oxygen atoms in total. The summed E-state index contributed by atoms with van der Waals surface area (Å²) in [6.45, 7) is 0.900. The summed E-state index contributed by atoms with van der Waals surface area (Å²) >= 11 is 0. The number of carbonyl (C=O) groups excluding carboxylic acids is 2. The van der Waals surface area contributed by atoms with E-state index in [1.807, 2.05) is 30.3 Å². The smallest absolute Gasteiger partial charge is 0.407 e. The van der Waals surface area contributed by atoms with Gasteiger partial charge < -0.3 is 20.7 Å². The number of amides is 3. The van der Waals surface area contributed by atoms with E-state index in [-0.39, 0.29) is 12.6 Å². The molecule has 0 bridgehead atoms. The van der Waals surface area contributed by atoms with Crippen LogP contribution in [0, 0.1) is 0 Å². The van der Waals surface area contributed by atoms with Crippen molar-refractivity contribution in [2.24, 2.45) is 0 Å². The number of hydrogen-bond acceptors (Lipinski definition) is 3. The van der Waals surface area contributed by atoms with E-state index in [0.717, 1.165) is 5.56 Å². The van der Waals surface area contributed by atoms with E-state index in [9.17, 15) is 9.59 Å². The van der Waals surface area contributed by atoms with Crippen molar-refractivity contribution in [3.63, 3.8) is 0 Å². The van der Waals surface area contributed by atoms with Gasteiger partial charge >= 0.3 is 12.1 Å². The molecule has 0 aromatic heterocycles. The first-order valence-electron chi connectivity index (χ1n) is 5.62. The van der Waals surface area contributed by atoms with Crippen LogP contribution in [0.1, 0.15) is 5.56 Å². The zero-order valence-electron chi connectivity index (χ0n) is 10.2. The summed E-state index contributed by atoms with van der Waals surface area (Å²) in [4.78, 5) is 22.1. The molecule has 0 unspecified atom stereocenters. The molecular formula is C12H17N3O3. The first-order valence-corrected chi connectivity index (χ1v) is 5.62. The Morgan fingerprint density at radius 2 is 1.78 bits per heavy atom. The molecule has 0 heterocycles. The molecule has 0 saturated carbocycles. The largest absolute Gasteiger partial charge is 0.445 e. The molecule has 0 aliphatic carbocycles. The zero-order valence-corrected chi connectivity index (χ0v) is 10.2. The minimum atomic E-state index is -0.502. The minimum Gasteiger partial charge on any atom is -0.445 e. The second-order valence-electron chi connectivity index (χ2n) is 3.49. The van der Waals surface area contributed by atoms with Crippen LogP contribution >= 0.6 is 0 Å². The maximum atomic E-state index is 11.3. The van der Waals surface area contributed by atoms with Gasteiger partial charge in [0.1, 0.15) is 6.61 Å². The SMILES string of the molecule is CNC(=O)NCCNC(=O)OCc1ccccc1. The summed E-state index contributed by atoms with van der Waals surface area (Å²) in [5.41, 5.74) is 0.927. The average molecular weight is 251 g/mol. The number of hydrogen-bond donors (Lipinski definition) is 3. The lowest BCUT2D eigenvalue weighted by Gasteiger charge is -2.07. The van der Waals surface area contributed by atoms with Gasteiger partial charge in [0.05, 0.1) is 0 Å². The Hall–Kier alpha value is -2.24. The monoisotopic (exact) mass is 251 g/mol. The van der Waals surface area contributed by atoms with Gasteiger partial charge in [0, 0.05) is 20.1 Å². The molecule has 3 amide bonds. The van der Waals surface area contributed by atoms with Crippen molar-refractivity contribution in [1.82, 2.24) is 16.0 Å². The Kier molecular flexibility index (Phi) is 6.10. The first kappa shape index (κ1) is 13.8. The Morgan fingerprint density at radius 3 is 2.44 bits per heavy atom. The number of rotatable bonds is 5. The zero-order chi connectivity index (χ0) is 13.2. The van der Waals surface area contributed by atoms with Crippen LogP contribution < -0.4 is 16.0 Å². The lowest BCUT2D eigenvalue weighted by molar-refractivity contribution is 0.139. The maximum absolute atomic E-state index is 11.3. The number of nitrogens with one attached hydrogen (secondary N) is 3. The van der Waals surface area contributed by atoms with Crippen LogP contribution in [0.2, 0.25) is 0 Å². The molecule has 1 aromatic rings. The van der Waals surface area contributed by atoms with E-state index in [1.165, 1.54) is 7.05 Å². The summed E-state index contributed by atoms with van der Waals surface area (Å²) < 4.78 is 4.98.